The molecule has 2 saturated heterocycles. The zero-order valence-electron chi connectivity index (χ0n) is 18.9. The van der Waals surface area contributed by atoms with Crippen LogP contribution in [0.5, 0.6) is 0 Å². The lowest BCUT2D eigenvalue weighted by Crippen LogP contribution is -2.65. The number of urea groups is 1. The maximum Gasteiger partial charge on any atom is 0.324 e. The predicted molar refractivity (Wildman–Crippen MR) is 130 cm³/mol. The number of fused-ring (bicyclic) bond motifs is 1. The Kier molecular flexibility index (Phi) is 5.88. The van der Waals surface area contributed by atoms with E-state index in [4.69, 9.17) is 0 Å². The highest BCUT2D eigenvalue weighted by Crippen LogP contribution is 2.35. The highest BCUT2D eigenvalue weighted by Gasteiger charge is 2.55. The van der Waals surface area contributed by atoms with Crippen molar-refractivity contribution >= 4 is 31.8 Å². The summed E-state index contributed by atoms with van der Waals surface area (Å²) in [7, 11) is -8.06. The van der Waals surface area contributed by atoms with Gasteiger partial charge in [-0.15, -0.1) is 0 Å². The van der Waals surface area contributed by atoms with Gasteiger partial charge in [-0.3, -0.25) is 4.90 Å². The lowest BCUT2D eigenvalue weighted by molar-refractivity contribution is 0.143. The average molecular weight is 513 g/mol. The summed E-state index contributed by atoms with van der Waals surface area (Å²) in [5.41, 5.74) is 1.43. The second-order valence-electron chi connectivity index (χ2n) is 8.37. The number of sulfonamides is 2. The number of anilines is 1. The van der Waals surface area contributed by atoms with Crippen molar-refractivity contribution in [1.29, 1.82) is 0 Å². The van der Waals surface area contributed by atoms with E-state index in [1.807, 2.05) is 19.1 Å². The molecular formula is C24H24N4O5S2. The molecule has 0 aromatic heterocycles. The molecule has 2 heterocycles. The Bertz CT molecular complexity index is 1450. The molecule has 3 aromatic carbocycles. The summed E-state index contributed by atoms with van der Waals surface area (Å²) < 4.78 is 56.8. The van der Waals surface area contributed by atoms with Gasteiger partial charge in [-0.05, 0) is 43.3 Å². The lowest BCUT2D eigenvalue weighted by atomic mass is 10.2. The summed E-state index contributed by atoms with van der Waals surface area (Å²) in [5.74, 6) is 0. The topological polar surface area (TPSA) is 107 Å². The van der Waals surface area contributed by atoms with Crippen molar-refractivity contribution in [3.8, 4) is 0 Å². The maximum atomic E-state index is 13.7. The van der Waals surface area contributed by atoms with Crippen LogP contribution in [0.1, 0.15) is 5.56 Å². The van der Waals surface area contributed by atoms with Crippen LogP contribution in [0.4, 0.5) is 10.5 Å². The van der Waals surface area contributed by atoms with Gasteiger partial charge in [0.2, 0.25) is 20.0 Å². The first kappa shape index (κ1) is 23.5. The number of piperazine rings is 1. The van der Waals surface area contributed by atoms with E-state index < -0.39 is 38.4 Å². The van der Waals surface area contributed by atoms with E-state index in [1.54, 1.807) is 48.5 Å². The van der Waals surface area contributed by atoms with E-state index in [1.165, 1.54) is 37.8 Å². The number of nitrogens with one attached hydrogen (secondary N) is 1. The lowest BCUT2D eigenvalue weighted by Gasteiger charge is -2.43. The van der Waals surface area contributed by atoms with Gasteiger partial charge in [-0.2, -0.15) is 8.61 Å². The van der Waals surface area contributed by atoms with Crippen molar-refractivity contribution in [2.24, 2.45) is 0 Å². The second-order valence-corrected chi connectivity index (χ2v) is 12.2. The largest absolute Gasteiger partial charge is 0.324 e. The van der Waals surface area contributed by atoms with Gasteiger partial charge < -0.3 is 5.32 Å². The number of amides is 2. The Morgan fingerprint density at radius 2 is 1.20 bits per heavy atom. The van der Waals surface area contributed by atoms with Gasteiger partial charge >= 0.3 is 6.03 Å². The molecule has 9 nitrogen and oxygen atoms in total. The van der Waals surface area contributed by atoms with E-state index in [9.17, 15) is 21.6 Å². The fourth-order valence-electron chi connectivity index (χ4n) is 4.47. The van der Waals surface area contributed by atoms with Gasteiger partial charge in [0.1, 0.15) is 12.3 Å². The number of carbonyl (C=O) groups is 1. The first-order chi connectivity index (χ1) is 16.7. The van der Waals surface area contributed by atoms with Crippen LogP contribution in [-0.4, -0.2) is 56.9 Å². The fraction of sp³-hybridized carbons (Fsp3) is 0.208. The van der Waals surface area contributed by atoms with Crippen molar-refractivity contribution in [3.63, 3.8) is 0 Å². The molecule has 2 unspecified atom stereocenters. The van der Waals surface area contributed by atoms with Gasteiger partial charge in [0.15, 0.2) is 0 Å². The van der Waals surface area contributed by atoms with Crippen LogP contribution in [0.3, 0.4) is 0 Å². The number of benzene rings is 3. The van der Waals surface area contributed by atoms with Crippen LogP contribution in [0.25, 0.3) is 0 Å². The van der Waals surface area contributed by atoms with E-state index in [0.29, 0.717) is 5.69 Å². The number of hydrogen-bond donors (Lipinski definition) is 1. The molecule has 2 aliphatic heterocycles. The Labute approximate surface area is 204 Å². The molecule has 5 rings (SSSR count). The molecule has 2 aliphatic rings. The SMILES string of the molecule is Cc1ccc(N2C(=O)NC3C2N(S(=O)(=O)c2ccccc2)CCN3S(=O)(=O)c2ccccc2)cc1. The minimum atomic E-state index is -4.04. The molecule has 0 bridgehead atoms. The molecular weight excluding hydrogens is 488 g/mol. The van der Waals surface area contributed by atoms with Crippen molar-refractivity contribution in [3.05, 3.63) is 90.5 Å². The third-order valence-corrected chi connectivity index (χ3v) is 9.97. The molecule has 2 amide bonds. The van der Waals surface area contributed by atoms with Crippen LogP contribution >= 0.6 is 0 Å². The normalized spacial score (nSPS) is 21.5. The highest BCUT2D eigenvalue weighted by atomic mass is 32.2. The summed E-state index contributed by atoms with van der Waals surface area (Å²) in [4.78, 5) is 14.7. The summed E-state index contributed by atoms with van der Waals surface area (Å²) in [6.45, 7) is 1.66. The molecule has 35 heavy (non-hydrogen) atoms. The smallest absolute Gasteiger partial charge is 0.318 e. The summed E-state index contributed by atoms with van der Waals surface area (Å²) in [6, 6.07) is 22.3. The van der Waals surface area contributed by atoms with Crippen LogP contribution in [0.2, 0.25) is 0 Å². The first-order valence-corrected chi connectivity index (χ1v) is 13.9. The molecule has 2 atom stereocenters. The quantitative estimate of drug-likeness (QED) is 0.566. The van der Waals surface area contributed by atoms with Crippen molar-refractivity contribution < 1.29 is 21.6 Å². The summed E-state index contributed by atoms with van der Waals surface area (Å²) in [6.07, 6.45) is -2.25. The number of carbonyl (C=O) groups excluding carboxylic acids is 1. The van der Waals surface area contributed by atoms with Crippen LogP contribution < -0.4 is 10.2 Å². The Morgan fingerprint density at radius 1 is 0.714 bits per heavy atom. The zero-order valence-corrected chi connectivity index (χ0v) is 20.5. The number of nitrogens with zero attached hydrogens (tertiary/aromatic N) is 3. The molecule has 1 N–H and O–H groups in total. The third kappa shape index (κ3) is 4.00. The molecule has 11 heteroatoms. The molecule has 0 spiro atoms. The fourth-order valence-corrected chi connectivity index (χ4v) is 7.61. The molecule has 182 valence electrons. The molecule has 2 fully saturated rings. The van der Waals surface area contributed by atoms with E-state index in [0.717, 1.165) is 5.56 Å². The van der Waals surface area contributed by atoms with Crippen LogP contribution in [-0.2, 0) is 20.0 Å². The van der Waals surface area contributed by atoms with E-state index >= 15 is 0 Å². The summed E-state index contributed by atoms with van der Waals surface area (Å²) in [5, 5.41) is 2.73. The van der Waals surface area contributed by atoms with Gasteiger partial charge in [0, 0.05) is 18.8 Å². The van der Waals surface area contributed by atoms with Gasteiger partial charge in [-0.25, -0.2) is 21.6 Å². The van der Waals surface area contributed by atoms with Crippen molar-refractivity contribution in [1.82, 2.24) is 13.9 Å². The van der Waals surface area contributed by atoms with Crippen LogP contribution in [0, 0.1) is 6.92 Å². The molecule has 3 aromatic rings. The maximum absolute atomic E-state index is 13.7. The summed E-state index contributed by atoms with van der Waals surface area (Å²) >= 11 is 0. The predicted octanol–water partition coefficient (Wildman–Crippen LogP) is 2.57. The standard InChI is InChI=1S/C24H24N4O5S2/c1-18-12-14-19(15-13-18)28-23-22(25-24(28)29)26(34(30,31)20-8-4-2-5-9-20)16-17-27(23)35(32,33)21-10-6-3-7-11-21/h2-15,22-23H,16-17H2,1H3,(H,25,29). The highest BCUT2D eigenvalue weighted by molar-refractivity contribution is 7.89. The van der Waals surface area contributed by atoms with Gasteiger partial charge in [0.05, 0.1) is 9.79 Å². The Hall–Kier alpha value is -3.25. The van der Waals surface area contributed by atoms with E-state index in [-0.39, 0.29) is 22.9 Å². The molecule has 0 radical (unpaired) electrons. The number of rotatable bonds is 5. The molecule has 0 saturated carbocycles. The van der Waals surface area contributed by atoms with Crippen molar-refractivity contribution in [2.45, 2.75) is 29.0 Å². The minimum Gasteiger partial charge on any atom is -0.318 e. The monoisotopic (exact) mass is 512 g/mol. The van der Waals surface area contributed by atoms with Gasteiger partial charge in [0.25, 0.3) is 0 Å². The van der Waals surface area contributed by atoms with Crippen LogP contribution in [0.15, 0.2) is 94.7 Å². The minimum absolute atomic E-state index is 0.0705. The first-order valence-electron chi connectivity index (χ1n) is 11.0. The second kappa shape index (κ2) is 8.76. The van der Waals surface area contributed by atoms with Gasteiger partial charge in [-0.1, -0.05) is 54.1 Å². The average Bonchev–Trinajstić information content (AvgIpc) is 3.21. The van der Waals surface area contributed by atoms with E-state index in [2.05, 4.69) is 5.32 Å². The third-order valence-electron chi connectivity index (χ3n) is 6.19. The Morgan fingerprint density at radius 3 is 1.74 bits per heavy atom. The zero-order chi connectivity index (χ0) is 24.8. The Balaban J connectivity index is 1.63. The number of hydrogen-bond acceptors (Lipinski definition) is 5. The molecule has 0 aliphatic carbocycles. The van der Waals surface area contributed by atoms with Crippen molar-refractivity contribution in [2.75, 3.05) is 18.0 Å². The number of aryl methyl sites for hydroxylation is 1.